The molecule has 0 saturated carbocycles. The van der Waals surface area contributed by atoms with E-state index in [1.807, 2.05) is 25.7 Å². The predicted molar refractivity (Wildman–Crippen MR) is 180 cm³/mol. The Morgan fingerprint density at radius 2 is 1.70 bits per heavy atom. The Hall–Kier alpha value is -4.95. The molecule has 1 unspecified atom stereocenters. The molecule has 266 valence electrons. The highest BCUT2D eigenvalue weighted by atomic mass is 19.4. The lowest BCUT2D eigenvalue weighted by Gasteiger charge is -2.64. The summed E-state index contributed by atoms with van der Waals surface area (Å²) in [4.78, 5) is 42.7. The van der Waals surface area contributed by atoms with E-state index in [0.29, 0.717) is 37.2 Å². The van der Waals surface area contributed by atoms with Crippen LogP contribution in [0.25, 0.3) is 16.8 Å². The van der Waals surface area contributed by atoms with E-state index < -0.39 is 29.1 Å². The van der Waals surface area contributed by atoms with Gasteiger partial charge in [0.15, 0.2) is 0 Å². The van der Waals surface area contributed by atoms with Gasteiger partial charge in [0.05, 0.1) is 5.56 Å². The number of pyridine rings is 1. The number of piperidine rings is 1. The van der Waals surface area contributed by atoms with E-state index in [1.165, 1.54) is 18.3 Å². The number of benzene rings is 1. The van der Waals surface area contributed by atoms with E-state index in [0.717, 1.165) is 31.2 Å². The molecule has 1 aromatic carbocycles. The lowest BCUT2D eigenvalue weighted by atomic mass is 9.58. The summed E-state index contributed by atoms with van der Waals surface area (Å²) in [6.45, 7) is 13.8. The summed E-state index contributed by atoms with van der Waals surface area (Å²) >= 11 is 0. The minimum absolute atomic E-state index is 0.0198. The number of anilines is 3. The van der Waals surface area contributed by atoms with Crippen LogP contribution in [0.5, 0.6) is 0 Å². The lowest BCUT2D eigenvalue weighted by Crippen LogP contribution is -2.73. The molecule has 1 atom stereocenters. The van der Waals surface area contributed by atoms with E-state index in [2.05, 4.69) is 41.0 Å². The van der Waals surface area contributed by atoms with Crippen molar-refractivity contribution < 1.29 is 31.9 Å². The fraction of sp³-hybridized carbons (Fsp3) is 0.457. The van der Waals surface area contributed by atoms with Crippen LogP contribution in [0.2, 0.25) is 0 Å². The highest BCUT2D eigenvalue weighted by molar-refractivity contribution is 6.04. The van der Waals surface area contributed by atoms with Gasteiger partial charge < -0.3 is 25.6 Å². The van der Waals surface area contributed by atoms with Crippen LogP contribution >= 0.6 is 0 Å². The predicted octanol–water partition coefficient (Wildman–Crippen LogP) is 7.04. The molecule has 2 amide bonds. The first kappa shape index (κ1) is 34.9. The van der Waals surface area contributed by atoms with Gasteiger partial charge >= 0.3 is 12.3 Å². The number of nitrogens with one attached hydrogen (secondary N) is 1. The van der Waals surface area contributed by atoms with Crippen molar-refractivity contribution >= 4 is 35.1 Å². The Kier molecular flexibility index (Phi) is 8.46. The van der Waals surface area contributed by atoms with Crippen LogP contribution in [0.3, 0.4) is 0 Å². The quantitative estimate of drug-likeness (QED) is 0.218. The molecule has 0 radical (unpaired) electrons. The molecule has 2 aliphatic rings. The second-order valence-electron chi connectivity index (χ2n) is 15.1. The van der Waals surface area contributed by atoms with Crippen molar-refractivity contribution in [3.8, 4) is 11.3 Å². The van der Waals surface area contributed by atoms with Crippen LogP contribution in [-0.2, 0) is 10.9 Å². The van der Waals surface area contributed by atoms with Gasteiger partial charge in [-0.3, -0.25) is 9.20 Å². The fourth-order valence-electron chi connectivity index (χ4n) is 7.37. The number of nitrogens with zero attached hydrogens (tertiary/aromatic N) is 6. The molecule has 2 saturated heterocycles. The van der Waals surface area contributed by atoms with Crippen LogP contribution in [0.4, 0.5) is 39.9 Å². The summed E-state index contributed by atoms with van der Waals surface area (Å²) in [7, 11) is 0. The van der Waals surface area contributed by atoms with Gasteiger partial charge in [0, 0.05) is 60.8 Å². The molecule has 0 aliphatic carbocycles. The Morgan fingerprint density at radius 1 is 1.00 bits per heavy atom. The number of halogens is 4. The summed E-state index contributed by atoms with van der Waals surface area (Å²) in [6.07, 6.45) is 0.816. The van der Waals surface area contributed by atoms with E-state index in [4.69, 9.17) is 15.5 Å². The van der Waals surface area contributed by atoms with Crippen molar-refractivity contribution in [2.24, 2.45) is 10.8 Å². The zero-order valence-electron chi connectivity index (χ0n) is 28.7. The molecule has 3 N–H and O–H groups in total. The Morgan fingerprint density at radius 3 is 2.32 bits per heavy atom. The second kappa shape index (κ2) is 12.1. The van der Waals surface area contributed by atoms with Crippen LogP contribution < -0.4 is 16.0 Å². The van der Waals surface area contributed by atoms with Gasteiger partial charge in [0.25, 0.3) is 5.91 Å². The monoisotopic (exact) mass is 696 g/mol. The minimum atomic E-state index is -4.62. The molecular weight excluding hydrogens is 656 g/mol. The van der Waals surface area contributed by atoms with Gasteiger partial charge in [-0.1, -0.05) is 20.8 Å². The molecule has 1 spiro atoms. The number of ether oxygens (including phenoxy) is 1. The number of fused-ring (bicyclic) bond motifs is 1. The maximum absolute atomic E-state index is 15.8. The molecule has 3 aromatic heterocycles. The first-order valence-electron chi connectivity index (χ1n) is 16.3. The van der Waals surface area contributed by atoms with Crippen molar-refractivity contribution in [3.63, 3.8) is 0 Å². The third kappa shape index (κ3) is 6.52. The largest absolute Gasteiger partial charge is 0.444 e. The normalized spacial score (nSPS) is 17.9. The number of nitrogen functional groups attached to an aromatic ring is 1. The Balaban J connectivity index is 1.24. The maximum Gasteiger partial charge on any atom is 0.416 e. The first-order chi connectivity index (χ1) is 23.3. The third-order valence-electron chi connectivity index (χ3n) is 9.25. The summed E-state index contributed by atoms with van der Waals surface area (Å²) in [5, 5.41) is 2.29. The van der Waals surface area contributed by atoms with Crippen LogP contribution in [0, 0.1) is 16.6 Å². The second-order valence-corrected chi connectivity index (χ2v) is 15.1. The number of carbonyl (C=O) groups excluding carboxylic acids is 2. The van der Waals surface area contributed by atoms with Crippen molar-refractivity contribution in [2.75, 3.05) is 35.6 Å². The Labute approximate surface area is 286 Å². The number of amides is 2. The van der Waals surface area contributed by atoms with Gasteiger partial charge in [-0.15, -0.1) is 0 Å². The van der Waals surface area contributed by atoms with Crippen LogP contribution in [-0.4, -0.2) is 67.5 Å². The molecule has 5 heterocycles. The maximum atomic E-state index is 15.8. The number of aromatic nitrogens is 4. The van der Waals surface area contributed by atoms with Crippen molar-refractivity contribution in [3.05, 3.63) is 65.9 Å². The zero-order chi connectivity index (χ0) is 36.4. The average molecular weight is 697 g/mol. The summed E-state index contributed by atoms with van der Waals surface area (Å²) in [5.41, 5.74) is 4.99. The first-order valence-corrected chi connectivity index (χ1v) is 16.3. The molecule has 6 rings (SSSR count). The number of likely N-dealkylation sites (tertiary alicyclic amines) is 1. The van der Waals surface area contributed by atoms with E-state index in [-0.39, 0.29) is 51.4 Å². The molecular formula is C35H40F4N8O3. The number of rotatable bonds is 4. The molecule has 4 aromatic rings. The van der Waals surface area contributed by atoms with Gasteiger partial charge in [0.2, 0.25) is 5.95 Å². The fourth-order valence-corrected chi connectivity index (χ4v) is 7.37. The average Bonchev–Trinajstić information content (AvgIpc) is 3.38. The summed E-state index contributed by atoms with van der Waals surface area (Å²) in [5.74, 6) is -1.27. The number of carbonyl (C=O) groups is 2. The van der Waals surface area contributed by atoms with Gasteiger partial charge in [-0.25, -0.2) is 24.1 Å². The number of hydrogen-bond donors (Lipinski definition) is 2. The highest BCUT2D eigenvalue weighted by Gasteiger charge is 2.60. The molecule has 15 heteroatoms. The number of imidazole rings is 1. The van der Waals surface area contributed by atoms with Crippen LogP contribution in [0.15, 0.2) is 48.9 Å². The van der Waals surface area contributed by atoms with Crippen molar-refractivity contribution in [2.45, 2.75) is 72.2 Å². The Bertz CT molecular complexity index is 1960. The SMILES string of the molecule is CC(C)(C)OC(=O)N1CC2(CCN(c3nc(-c4ccc(C(=O)Nc5cc(C(F)(F)F)ccn5)cc4F)c4c(N)nccn34)CC2)C1C(C)(C)C. The molecule has 50 heavy (non-hydrogen) atoms. The van der Waals surface area contributed by atoms with Gasteiger partial charge in [-0.05, 0) is 69.4 Å². The zero-order valence-corrected chi connectivity index (χ0v) is 28.7. The smallest absolute Gasteiger partial charge is 0.416 e. The standard InChI is InChI=1S/C35H40F4N8O3/c1-32(2,3)29-34(19-47(29)31(49)50-33(4,5)6)10-14-45(15-11-34)30-44-25(26-27(40)42-13-16-46(26)30)22-8-7-20(17-23(22)36)28(48)43-24-18-21(9-12-41-24)35(37,38)39/h7-9,12-13,16-18,29H,10-11,14-15,19H2,1-6H3,(H2,40,42)(H,41,43,48). The van der Waals surface area contributed by atoms with E-state index in [9.17, 15) is 22.8 Å². The molecule has 2 aliphatic heterocycles. The molecule has 2 fully saturated rings. The van der Waals surface area contributed by atoms with Gasteiger partial charge in [0.1, 0.15) is 34.3 Å². The third-order valence-corrected chi connectivity index (χ3v) is 9.25. The van der Waals surface area contributed by atoms with Crippen molar-refractivity contribution in [1.82, 2.24) is 24.3 Å². The number of hydrogen-bond acceptors (Lipinski definition) is 8. The van der Waals surface area contributed by atoms with Crippen molar-refractivity contribution in [1.29, 1.82) is 0 Å². The number of alkyl halides is 3. The topological polar surface area (TPSA) is 131 Å². The lowest BCUT2D eigenvalue weighted by molar-refractivity contribution is -0.137. The molecule has 0 bridgehead atoms. The highest BCUT2D eigenvalue weighted by Crippen LogP contribution is 2.53. The minimum Gasteiger partial charge on any atom is -0.444 e. The van der Waals surface area contributed by atoms with Crippen LogP contribution in [0.1, 0.15) is 70.3 Å². The summed E-state index contributed by atoms with van der Waals surface area (Å²) < 4.78 is 62.6. The molecule has 11 nitrogen and oxygen atoms in total. The number of nitrogens with two attached hydrogens (primary N) is 1. The van der Waals surface area contributed by atoms with E-state index >= 15 is 4.39 Å². The van der Waals surface area contributed by atoms with E-state index in [1.54, 1.807) is 10.6 Å². The summed E-state index contributed by atoms with van der Waals surface area (Å²) in [6, 6.07) is 5.18. The van der Waals surface area contributed by atoms with Gasteiger partial charge in [-0.2, -0.15) is 13.2 Å².